The van der Waals surface area contributed by atoms with E-state index in [0.717, 1.165) is 35.3 Å². The first-order chi connectivity index (χ1) is 10.3. The Kier molecular flexibility index (Phi) is 4.11. The third-order valence-corrected chi connectivity index (χ3v) is 3.56. The number of imidazole rings is 1. The summed E-state index contributed by atoms with van der Waals surface area (Å²) < 4.78 is 1.80. The fourth-order valence-corrected chi connectivity index (χ4v) is 2.39. The maximum Gasteiger partial charge on any atom is 0.176 e. The molecule has 0 aliphatic carbocycles. The molecule has 4 heteroatoms. The van der Waals surface area contributed by atoms with Gasteiger partial charge in [0.15, 0.2) is 5.82 Å². The van der Waals surface area contributed by atoms with Crippen LogP contribution in [0.3, 0.4) is 0 Å². The predicted molar refractivity (Wildman–Crippen MR) is 86.5 cm³/mol. The minimum absolute atomic E-state index is 0.661. The number of rotatable bonds is 5. The Morgan fingerprint density at radius 3 is 2.71 bits per heavy atom. The quantitative estimate of drug-likeness (QED) is 0.645. The zero-order chi connectivity index (χ0) is 14.7. The molecule has 0 N–H and O–H groups in total. The van der Waals surface area contributed by atoms with Crippen LogP contribution in [0.5, 0.6) is 0 Å². The van der Waals surface area contributed by atoms with Crippen molar-refractivity contribution < 1.29 is 4.84 Å². The molecule has 0 fully saturated rings. The van der Waals surface area contributed by atoms with Crippen molar-refractivity contribution in [1.29, 1.82) is 0 Å². The number of benzene rings is 2. The molecular weight excluding hydrogens is 284 g/mol. The van der Waals surface area contributed by atoms with E-state index < -0.39 is 0 Å². The van der Waals surface area contributed by atoms with Gasteiger partial charge >= 0.3 is 0 Å². The van der Waals surface area contributed by atoms with Gasteiger partial charge in [-0.3, -0.25) is 0 Å². The molecule has 0 aliphatic rings. The second-order valence-corrected chi connectivity index (χ2v) is 5.35. The summed E-state index contributed by atoms with van der Waals surface area (Å²) in [5, 5.41) is 0.683. The number of halogens is 1. The first kappa shape index (κ1) is 14.0. The van der Waals surface area contributed by atoms with Crippen LogP contribution in [-0.2, 0) is 0 Å². The molecule has 1 heterocycles. The lowest BCUT2D eigenvalue weighted by atomic mass is 10.2. The summed E-state index contributed by atoms with van der Waals surface area (Å²) in [7, 11) is 0. The summed E-state index contributed by atoms with van der Waals surface area (Å²) in [4.78, 5) is 10.6. The molecule has 21 heavy (non-hydrogen) atoms. The molecule has 0 spiro atoms. The van der Waals surface area contributed by atoms with Crippen LogP contribution >= 0.6 is 11.6 Å². The lowest BCUT2D eigenvalue weighted by Crippen LogP contribution is -2.13. The molecule has 0 saturated heterocycles. The molecule has 0 bridgehead atoms. The van der Waals surface area contributed by atoms with Crippen molar-refractivity contribution in [1.82, 2.24) is 9.71 Å². The minimum atomic E-state index is 0.661. The molecule has 0 radical (unpaired) electrons. The zero-order valence-corrected chi connectivity index (χ0v) is 12.7. The van der Waals surface area contributed by atoms with Gasteiger partial charge in [-0.05, 0) is 24.6 Å². The van der Waals surface area contributed by atoms with Crippen molar-refractivity contribution in [3.05, 3.63) is 53.6 Å². The van der Waals surface area contributed by atoms with Crippen molar-refractivity contribution >= 4 is 22.6 Å². The molecule has 1 aromatic heterocycles. The zero-order valence-electron chi connectivity index (χ0n) is 11.9. The topological polar surface area (TPSA) is 27.1 Å². The Bertz CT molecular complexity index is 737. The van der Waals surface area contributed by atoms with Crippen LogP contribution in [0, 0.1) is 0 Å². The first-order valence-electron chi connectivity index (χ1n) is 7.16. The summed E-state index contributed by atoms with van der Waals surface area (Å²) >= 11 is 6.11. The highest BCUT2D eigenvalue weighted by Crippen LogP contribution is 2.25. The van der Waals surface area contributed by atoms with Crippen molar-refractivity contribution in [3.63, 3.8) is 0 Å². The summed E-state index contributed by atoms with van der Waals surface area (Å²) in [6.07, 6.45) is 2.10. The van der Waals surface area contributed by atoms with E-state index in [-0.39, 0.29) is 0 Å². The molecule has 3 aromatic rings. The summed E-state index contributed by atoms with van der Waals surface area (Å²) in [6, 6.07) is 15.7. The third kappa shape index (κ3) is 2.88. The van der Waals surface area contributed by atoms with Gasteiger partial charge in [0.05, 0.1) is 5.52 Å². The standard InChI is InChI=1S/C17H17ClN2O/c1-2-3-11-21-20-16-12-14(18)9-10-15(16)19-17(20)13-7-5-4-6-8-13/h4-10,12H,2-3,11H2,1H3. The van der Waals surface area contributed by atoms with Crippen LogP contribution in [0.2, 0.25) is 5.02 Å². The van der Waals surface area contributed by atoms with Gasteiger partial charge in [0, 0.05) is 10.6 Å². The second-order valence-electron chi connectivity index (χ2n) is 4.92. The van der Waals surface area contributed by atoms with Crippen LogP contribution in [0.1, 0.15) is 19.8 Å². The SMILES string of the molecule is CCCCOn1c(-c2ccccc2)nc2ccc(Cl)cc21. The lowest BCUT2D eigenvalue weighted by Gasteiger charge is -2.10. The number of nitrogens with zero attached hydrogens (tertiary/aromatic N) is 2. The normalized spacial score (nSPS) is 11.0. The van der Waals surface area contributed by atoms with Crippen LogP contribution in [0.4, 0.5) is 0 Å². The summed E-state index contributed by atoms with van der Waals surface area (Å²) in [5.41, 5.74) is 2.81. The van der Waals surface area contributed by atoms with E-state index in [4.69, 9.17) is 16.4 Å². The Hall–Kier alpha value is -2.00. The molecule has 3 rings (SSSR count). The third-order valence-electron chi connectivity index (χ3n) is 3.33. The van der Waals surface area contributed by atoms with Gasteiger partial charge < -0.3 is 4.84 Å². The van der Waals surface area contributed by atoms with E-state index in [1.807, 2.05) is 48.5 Å². The highest BCUT2D eigenvalue weighted by molar-refractivity contribution is 6.31. The molecule has 3 nitrogen and oxygen atoms in total. The Morgan fingerprint density at radius 2 is 1.95 bits per heavy atom. The maximum absolute atomic E-state index is 6.11. The first-order valence-corrected chi connectivity index (χ1v) is 7.54. The van der Waals surface area contributed by atoms with Crippen LogP contribution in [-0.4, -0.2) is 16.3 Å². The number of unbranched alkanes of at least 4 members (excludes halogenated alkanes) is 1. The summed E-state index contributed by atoms with van der Waals surface area (Å²) in [5.74, 6) is 0.809. The lowest BCUT2D eigenvalue weighted by molar-refractivity contribution is 0.120. The van der Waals surface area contributed by atoms with Gasteiger partial charge in [-0.2, -0.15) is 4.73 Å². The van der Waals surface area contributed by atoms with Gasteiger partial charge in [0.1, 0.15) is 12.1 Å². The van der Waals surface area contributed by atoms with Crippen LogP contribution in [0.25, 0.3) is 22.4 Å². The van der Waals surface area contributed by atoms with E-state index in [0.29, 0.717) is 11.6 Å². The van der Waals surface area contributed by atoms with E-state index in [1.165, 1.54) is 0 Å². The number of aromatic nitrogens is 2. The van der Waals surface area contributed by atoms with E-state index in [2.05, 4.69) is 11.9 Å². The van der Waals surface area contributed by atoms with E-state index >= 15 is 0 Å². The van der Waals surface area contributed by atoms with E-state index in [9.17, 15) is 0 Å². The number of fused-ring (bicyclic) bond motifs is 1. The van der Waals surface area contributed by atoms with Crippen molar-refractivity contribution in [3.8, 4) is 11.4 Å². The largest absolute Gasteiger partial charge is 0.412 e. The molecule has 108 valence electrons. The molecule has 0 saturated carbocycles. The van der Waals surface area contributed by atoms with Gasteiger partial charge in [0.2, 0.25) is 0 Å². The molecule has 0 atom stereocenters. The average Bonchev–Trinajstić information content (AvgIpc) is 2.87. The average molecular weight is 301 g/mol. The van der Waals surface area contributed by atoms with Crippen molar-refractivity contribution in [2.75, 3.05) is 6.61 Å². The molecule has 0 aliphatic heterocycles. The van der Waals surface area contributed by atoms with Gasteiger partial charge in [-0.1, -0.05) is 55.3 Å². The number of hydrogen-bond acceptors (Lipinski definition) is 2. The molecule has 0 unspecified atom stereocenters. The van der Waals surface area contributed by atoms with E-state index in [1.54, 1.807) is 4.73 Å². The fourth-order valence-electron chi connectivity index (χ4n) is 2.23. The van der Waals surface area contributed by atoms with Gasteiger partial charge in [-0.25, -0.2) is 4.98 Å². The van der Waals surface area contributed by atoms with Crippen LogP contribution in [0.15, 0.2) is 48.5 Å². The van der Waals surface area contributed by atoms with Gasteiger partial charge in [0.25, 0.3) is 0 Å². The Labute approximate surface area is 129 Å². The predicted octanol–water partition coefficient (Wildman–Crippen LogP) is 4.59. The minimum Gasteiger partial charge on any atom is -0.412 e. The fraction of sp³-hybridized carbons (Fsp3) is 0.235. The highest BCUT2D eigenvalue weighted by atomic mass is 35.5. The number of hydrogen-bond donors (Lipinski definition) is 0. The maximum atomic E-state index is 6.11. The van der Waals surface area contributed by atoms with Gasteiger partial charge in [-0.15, -0.1) is 0 Å². The Morgan fingerprint density at radius 1 is 1.14 bits per heavy atom. The van der Waals surface area contributed by atoms with Crippen LogP contribution < -0.4 is 4.84 Å². The second kappa shape index (κ2) is 6.19. The Balaban J connectivity index is 2.11. The summed E-state index contributed by atoms with van der Waals surface area (Å²) in [6.45, 7) is 2.80. The van der Waals surface area contributed by atoms with Crippen molar-refractivity contribution in [2.24, 2.45) is 0 Å². The highest BCUT2D eigenvalue weighted by Gasteiger charge is 2.13. The monoisotopic (exact) mass is 300 g/mol. The molecule has 0 amide bonds. The smallest absolute Gasteiger partial charge is 0.176 e. The molecular formula is C17H17ClN2O. The molecule has 2 aromatic carbocycles. The van der Waals surface area contributed by atoms with Crippen molar-refractivity contribution in [2.45, 2.75) is 19.8 Å².